The third-order valence-corrected chi connectivity index (χ3v) is 4.08. The maximum atomic E-state index is 11.8. The SMILES string of the molecule is O=C(N/N=C/C1CC2C=CC1C2)c1cccc(Cl)c1. The number of nitrogens with one attached hydrogen (secondary N) is 1. The summed E-state index contributed by atoms with van der Waals surface area (Å²) in [6.07, 6.45) is 8.82. The number of allylic oxidation sites excluding steroid dienone is 2. The van der Waals surface area contributed by atoms with E-state index in [1.807, 2.05) is 6.21 Å². The van der Waals surface area contributed by atoms with Gasteiger partial charge in [-0.3, -0.25) is 4.79 Å². The summed E-state index contributed by atoms with van der Waals surface area (Å²) in [5, 5.41) is 4.63. The Labute approximate surface area is 117 Å². The van der Waals surface area contributed by atoms with E-state index in [0.717, 1.165) is 6.42 Å². The van der Waals surface area contributed by atoms with Crippen LogP contribution in [0, 0.1) is 17.8 Å². The van der Waals surface area contributed by atoms with E-state index in [4.69, 9.17) is 11.6 Å². The first-order chi connectivity index (χ1) is 9.22. The number of rotatable bonds is 3. The Morgan fingerprint density at radius 1 is 1.37 bits per heavy atom. The Morgan fingerprint density at radius 3 is 2.95 bits per heavy atom. The minimum absolute atomic E-state index is 0.225. The summed E-state index contributed by atoms with van der Waals surface area (Å²) in [6, 6.07) is 6.84. The number of nitrogens with zero attached hydrogens (tertiary/aromatic N) is 1. The van der Waals surface area contributed by atoms with Gasteiger partial charge in [0, 0.05) is 22.7 Å². The Kier molecular flexibility index (Phi) is 3.38. The monoisotopic (exact) mass is 274 g/mol. The smallest absolute Gasteiger partial charge is 0.267 e. The van der Waals surface area contributed by atoms with Crippen molar-refractivity contribution in [1.82, 2.24) is 5.43 Å². The van der Waals surface area contributed by atoms with E-state index in [1.165, 1.54) is 6.42 Å². The van der Waals surface area contributed by atoms with Gasteiger partial charge in [-0.1, -0.05) is 29.8 Å². The van der Waals surface area contributed by atoms with Gasteiger partial charge in [0.1, 0.15) is 0 Å². The van der Waals surface area contributed by atoms with Crippen molar-refractivity contribution >= 4 is 23.7 Å². The van der Waals surface area contributed by atoms with E-state index >= 15 is 0 Å². The summed E-state index contributed by atoms with van der Waals surface area (Å²) in [6.45, 7) is 0. The molecular weight excluding hydrogens is 260 g/mol. The van der Waals surface area contributed by atoms with Gasteiger partial charge >= 0.3 is 0 Å². The second-order valence-corrected chi connectivity index (χ2v) is 5.61. The van der Waals surface area contributed by atoms with Crippen LogP contribution in [0.15, 0.2) is 41.5 Å². The maximum Gasteiger partial charge on any atom is 0.271 e. The number of hydrogen-bond donors (Lipinski definition) is 1. The molecule has 0 aliphatic heterocycles. The van der Waals surface area contributed by atoms with Gasteiger partial charge < -0.3 is 0 Å². The van der Waals surface area contributed by atoms with Crippen LogP contribution in [-0.2, 0) is 0 Å². The molecule has 3 nitrogen and oxygen atoms in total. The van der Waals surface area contributed by atoms with Crippen molar-refractivity contribution < 1.29 is 4.79 Å². The fourth-order valence-corrected chi connectivity index (χ4v) is 3.07. The summed E-state index contributed by atoms with van der Waals surface area (Å²) >= 11 is 5.84. The third-order valence-electron chi connectivity index (χ3n) is 3.85. The number of benzene rings is 1. The van der Waals surface area contributed by atoms with Crippen LogP contribution in [-0.4, -0.2) is 12.1 Å². The lowest BCUT2D eigenvalue weighted by molar-refractivity contribution is 0.0955. The van der Waals surface area contributed by atoms with Gasteiger partial charge in [-0.2, -0.15) is 5.10 Å². The van der Waals surface area contributed by atoms with Gasteiger partial charge in [-0.05, 0) is 42.9 Å². The quantitative estimate of drug-likeness (QED) is 0.513. The largest absolute Gasteiger partial charge is 0.271 e. The molecule has 1 aromatic rings. The molecule has 1 aromatic carbocycles. The molecule has 1 amide bonds. The minimum atomic E-state index is -0.225. The zero-order chi connectivity index (χ0) is 13.2. The van der Waals surface area contributed by atoms with E-state index in [-0.39, 0.29) is 5.91 Å². The van der Waals surface area contributed by atoms with Crippen LogP contribution in [0.3, 0.4) is 0 Å². The Hall–Kier alpha value is -1.61. The normalized spacial score (nSPS) is 28.2. The van der Waals surface area contributed by atoms with Crippen LogP contribution in [0.5, 0.6) is 0 Å². The lowest BCUT2D eigenvalue weighted by Crippen LogP contribution is -2.19. The Bertz CT molecular complexity index is 553. The molecule has 3 rings (SSSR count). The van der Waals surface area contributed by atoms with Crippen LogP contribution in [0.1, 0.15) is 23.2 Å². The van der Waals surface area contributed by atoms with Crippen LogP contribution < -0.4 is 5.43 Å². The number of hydrazone groups is 1. The zero-order valence-electron chi connectivity index (χ0n) is 10.4. The number of amides is 1. The van der Waals surface area contributed by atoms with Crippen LogP contribution in [0.25, 0.3) is 0 Å². The predicted octanol–water partition coefficient (Wildman–Crippen LogP) is 3.27. The molecule has 0 aromatic heterocycles. The van der Waals surface area contributed by atoms with E-state index in [1.54, 1.807) is 24.3 Å². The fourth-order valence-electron chi connectivity index (χ4n) is 2.88. The zero-order valence-corrected chi connectivity index (χ0v) is 11.2. The van der Waals surface area contributed by atoms with Crippen molar-refractivity contribution in [2.45, 2.75) is 12.8 Å². The van der Waals surface area contributed by atoms with Crippen molar-refractivity contribution in [2.75, 3.05) is 0 Å². The average Bonchev–Trinajstić information content (AvgIpc) is 3.01. The lowest BCUT2D eigenvalue weighted by Gasteiger charge is -2.11. The molecule has 2 aliphatic carbocycles. The standard InChI is InChI=1S/C15H15ClN2O/c16-14-3-1-2-12(8-14)15(19)18-17-9-13-7-10-4-5-11(13)6-10/h1-5,8-11,13H,6-7H2,(H,18,19)/b17-9+. The van der Waals surface area contributed by atoms with E-state index < -0.39 is 0 Å². The van der Waals surface area contributed by atoms with Gasteiger partial charge in [0.25, 0.3) is 5.91 Å². The molecule has 2 bridgehead atoms. The maximum absolute atomic E-state index is 11.8. The first kappa shape index (κ1) is 12.4. The molecule has 3 unspecified atom stereocenters. The lowest BCUT2D eigenvalue weighted by atomic mass is 9.95. The second-order valence-electron chi connectivity index (χ2n) is 5.17. The van der Waals surface area contributed by atoms with E-state index in [2.05, 4.69) is 22.7 Å². The van der Waals surface area contributed by atoms with Crippen LogP contribution >= 0.6 is 11.6 Å². The highest BCUT2D eigenvalue weighted by atomic mass is 35.5. The first-order valence-electron chi connectivity index (χ1n) is 6.50. The third kappa shape index (κ3) is 2.71. The minimum Gasteiger partial charge on any atom is -0.267 e. The van der Waals surface area contributed by atoms with Gasteiger partial charge in [-0.25, -0.2) is 5.43 Å². The number of carbonyl (C=O) groups excluding carboxylic acids is 1. The topological polar surface area (TPSA) is 41.5 Å². The van der Waals surface area contributed by atoms with Crippen molar-refractivity contribution in [2.24, 2.45) is 22.9 Å². The summed E-state index contributed by atoms with van der Waals surface area (Å²) in [4.78, 5) is 11.8. The molecule has 3 atom stereocenters. The van der Waals surface area contributed by atoms with Crippen LogP contribution in [0.2, 0.25) is 5.02 Å². The number of halogens is 1. The average molecular weight is 275 g/mol. The van der Waals surface area contributed by atoms with Gasteiger partial charge in [0.2, 0.25) is 0 Å². The highest BCUT2D eigenvalue weighted by molar-refractivity contribution is 6.30. The molecule has 1 saturated carbocycles. The molecule has 98 valence electrons. The van der Waals surface area contributed by atoms with Crippen molar-refractivity contribution in [3.8, 4) is 0 Å². The van der Waals surface area contributed by atoms with E-state index in [9.17, 15) is 4.79 Å². The van der Waals surface area contributed by atoms with Crippen molar-refractivity contribution in [3.05, 3.63) is 47.0 Å². The Morgan fingerprint density at radius 2 is 2.26 bits per heavy atom. The van der Waals surface area contributed by atoms with Gasteiger partial charge in [-0.15, -0.1) is 0 Å². The number of carbonyl (C=O) groups is 1. The molecule has 1 N–H and O–H groups in total. The molecule has 4 heteroatoms. The van der Waals surface area contributed by atoms with Crippen molar-refractivity contribution in [3.63, 3.8) is 0 Å². The highest BCUT2D eigenvalue weighted by Gasteiger charge is 2.34. The highest BCUT2D eigenvalue weighted by Crippen LogP contribution is 2.42. The number of fused-ring (bicyclic) bond motifs is 2. The second kappa shape index (κ2) is 5.17. The molecule has 0 saturated heterocycles. The molecule has 0 heterocycles. The molecule has 19 heavy (non-hydrogen) atoms. The molecule has 0 radical (unpaired) electrons. The number of hydrogen-bond acceptors (Lipinski definition) is 2. The first-order valence-corrected chi connectivity index (χ1v) is 6.87. The summed E-state index contributed by atoms with van der Waals surface area (Å²) in [5.74, 6) is 1.56. The van der Waals surface area contributed by atoms with Crippen LogP contribution in [0.4, 0.5) is 0 Å². The van der Waals surface area contributed by atoms with Crippen molar-refractivity contribution in [1.29, 1.82) is 0 Å². The summed E-state index contributed by atoms with van der Waals surface area (Å²) in [5.41, 5.74) is 3.09. The Balaban J connectivity index is 1.57. The van der Waals surface area contributed by atoms with Gasteiger partial charge in [0.05, 0.1) is 0 Å². The van der Waals surface area contributed by atoms with E-state index in [0.29, 0.717) is 28.3 Å². The molecule has 2 aliphatic rings. The molecular formula is C15H15ClN2O. The predicted molar refractivity (Wildman–Crippen MR) is 76.3 cm³/mol. The van der Waals surface area contributed by atoms with Gasteiger partial charge in [0.15, 0.2) is 0 Å². The molecule has 0 spiro atoms. The molecule has 1 fully saturated rings. The fraction of sp³-hybridized carbons (Fsp3) is 0.333. The summed E-state index contributed by atoms with van der Waals surface area (Å²) < 4.78 is 0. The summed E-state index contributed by atoms with van der Waals surface area (Å²) in [7, 11) is 0.